The Morgan fingerprint density at radius 1 is 1.00 bits per heavy atom. The monoisotopic (exact) mass is 164 g/mol. The van der Waals surface area contributed by atoms with Gasteiger partial charge in [-0.25, -0.2) is 10.5 Å². The molecule has 0 spiro atoms. The van der Waals surface area contributed by atoms with Crippen LogP contribution in [0.15, 0.2) is 30.3 Å². The zero-order chi connectivity index (χ0) is 8.10. The first-order chi connectivity index (χ1) is 5.38. The molecular weight excluding hydrogens is 159 g/mol. The Balaban J connectivity index is 0.00000121. The second-order valence-corrected chi connectivity index (χ2v) is 1.96. The van der Waals surface area contributed by atoms with E-state index in [0.717, 1.165) is 0 Å². The average Bonchev–Trinajstić information content (AvgIpc) is 2.09. The first-order valence-electron chi connectivity index (χ1n) is 3.11. The van der Waals surface area contributed by atoms with Crippen LogP contribution >= 0.6 is 0 Å². The topological polar surface area (TPSA) is 47.6 Å². The molecule has 0 aromatic heterocycles. The molecule has 0 aliphatic heterocycles. The van der Waals surface area contributed by atoms with Crippen molar-refractivity contribution in [3.05, 3.63) is 41.8 Å². The molecule has 12 heavy (non-hydrogen) atoms. The van der Waals surface area contributed by atoms with Gasteiger partial charge in [-0.3, -0.25) is 0 Å². The molecule has 0 atom stereocenters. The molecule has 0 radical (unpaired) electrons. The van der Waals surface area contributed by atoms with Gasteiger partial charge in [-0.15, -0.1) is 12.1 Å². The van der Waals surface area contributed by atoms with Gasteiger partial charge in [-0.05, 0) is 0 Å². The summed E-state index contributed by atoms with van der Waals surface area (Å²) in [4.78, 5) is 0. The second-order valence-electron chi connectivity index (χ2n) is 1.96. The molecule has 0 amide bonds. The molecule has 0 saturated carbocycles. The third-order valence-electron chi connectivity index (χ3n) is 1.29. The van der Waals surface area contributed by atoms with Crippen molar-refractivity contribution < 1.29 is 29.6 Å². The summed E-state index contributed by atoms with van der Waals surface area (Å²) >= 11 is 0. The third kappa shape index (κ3) is 2.60. The molecule has 0 aliphatic rings. The van der Waals surface area contributed by atoms with E-state index in [9.17, 15) is 0 Å². The Morgan fingerprint density at radius 2 is 1.50 bits per heavy atom. The number of benzene rings is 1. The van der Waals surface area contributed by atoms with E-state index in [0.29, 0.717) is 5.56 Å². The normalized spacial score (nSPS) is 7.17. The number of hydrogen-bond acceptors (Lipinski definition) is 2. The molecule has 52 valence electrons. The smallest absolute Gasteiger partial charge is 0.207 e. The van der Waals surface area contributed by atoms with Gasteiger partial charge in [-0.2, -0.15) is 17.7 Å². The SMILES string of the molecule is N#C[C-](C#N)c1ccccc1.[Na+]. The van der Waals surface area contributed by atoms with Crippen LogP contribution in [-0.4, -0.2) is 0 Å². The molecule has 0 bridgehead atoms. The summed E-state index contributed by atoms with van der Waals surface area (Å²) in [5, 5.41) is 16.9. The molecule has 0 fully saturated rings. The minimum Gasteiger partial charge on any atom is -0.207 e. The van der Waals surface area contributed by atoms with Crippen LogP contribution in [0.1, 0.15) is 5.56 Å². The second kappa shape index (κ2) is 5.69. The van der Waals surface area contributed by atoms with E-state index in [1.807, 2.05) is 18.2 Å². The van der Waals surface area contributed by atoms with Crippen molar-refractivity contribution in [2.45, 2.75) is 0 Å². The number of hydrogen-bond donors (Lipinski definition) is 0. The van der Waals surface area contributed by atoms with Crippen LogP contribution in [0, 0.1) is 28.6 Å². The fraction of sp³-hybridized carbons (Fsp3) is 0. The van der Waals surface area contributed by atoms with Crippen LogP contribution in [0.3, 0.4) is 0 Å². The first-order valence-corrected chi connectivity index (χ1v) is 3.11. The van der Waals surface area contributed by atoms with Crippen LogP contribution in [-0.2, 0) is 0 Å². The quantitative estimate of drug-likeness (QED) is 0.381. The van der Waals surface area contributed by atoms with Gasteiger partial charge in [0.2, 0.25) is 0 Å². The Labute approximate surface area is 93.7 Å². The van der Waals surface area contributed by atoms with Crippen molar-refractivity contribution in [3.63, 3.8) is 0 Å². The van der Waals surface area contributed by atoms with Gasteiger partial charge < -0.3 is 0 Å². The van der Waals surface area contributed by atoms with E-state index in [1.165, 1.54) is 0 Å². The standard InChI is InChI=1S/C9H5N2.Na/c10-6-9(7-11)8-4-2-1-3-5-8;/h1-5H;/q-1;+1. The molecule has 1 aromatic carbocycles. The Kier molecular flexibility index (Phi) is 5.25. The molecule has 0 heterocycles. The summed E-state index contributed by atoms with van der Waals surface area (Å²) in [5.74, 6) is 0.158. The Hall–Kier alpha value is -0.930. The molecule has 0 aliphatic carbocycles. The summed E-state index contributed by atoms with van der Waals surface area (Å²) in [6.07, 6.45) is 0. The van der Waals surface area contributed by atoms with Gasteiger partial charge in [0.25, 0.3) is 0 Å². The fourth-order valence-electron chi connectivity index (χ4n) is 0.759. The van der Waals surface area contributed by atoms with Gasteiger partial charge >= 0.3 is 29.6 Å². The van der Waals surface area contributed by atoms with Gasteiger partial charge in [0, 0.05) is 18.1 Å². The van der Waals surface area contributed by atoms with Crippen molar-refractivity contribution in [2.24, 2.45) is 0 Å². The van der Waals surface area contributed by atoms with Crippen molar-refractivity contribution in [1.29, 1.82) is 10.5 Å². The van der Waals surface area contributed by atoms with Gasteiger partial charge in [0.15, 0.2) is 0 Å². The molecule has 0 unspecified atom stereocenters. The van der Waals surface area contributed by atoms with E-state index < -0.39 is 0 Å². The average molecular weight is 164 g/mol. The largest absolute Gasteiger partial charge is 1.00 e. The minimum absolute atomic E-state index is 0. The molecule has 2 nitrogen and oxygen atoms in total. The minimum atomic E-state index is 0. The van der Waals surface area contributed by atoms with Crippen molar-refractivity contribution in [2.75, 3.05) is 0 Å². The summed E-state index contributed by atoms with van der Waals surface area (Å²) in [6.45, 7) is 0. The van der Waals surface area contributed by atoms with Crippen molar-refractivity contribution in [1.82, 2.24) is 0 Å². The van der Waals surface area contributed by atoms with E-state index in [2.05, 4.69) is 0 Å². The zero-order valence-corrected chi connectivity index (χ0v) is 8.78. The molecular formula is C9H5N2Na. The fourth-order valence-corrected chi connectivity index (χ4v) is 0.759. The zero-order valence-electron chi connectivity index (χ0n) is 6.78. The predicted molar refractivity (Wildman–Crippen MR) is 40.0 cm³/mol. The van der Waals surface area contributed by atoms with Gasteiger partial charge in [0.05, 0.1) is 0 Å². The van der Waals surface area contributed by atoms with E-state index >= 15 is 0 Å². The predicted octanol–water partition coefficient (Wildman–Crippen LogP) is -1.34. The molecule has 0 saturated heterocycles. The number of rotatable bonds is 1. The summed E-state index contributed by atoms with van der Waals surface area (Å²) in [6, 6.07) is 12.6. The van der Waals surface area contributed by atoms with Gasteiger partial charge in [-0.1, -0.05) is 6.07 Å². The van der Waals surface area contributed by atoms with Crippen LogP contribution in [0.2, 0.25) is 0 Å². The Morgan fingerprint density at radius 3 is 1.92 bits per heavy atom. The van der Waals surface area contributed by atoms with Crippen molar-refractivity contribution >= 4 is 0 Å². The van der Waals surface area contributed by atoms with Crippen LogP contribution in [0.5, 0.6) is 0 Å². The summed E-state index contributed by atoms with van der Waals surface area (Å²) < 4.78 is 0. The third-order valence-corrected chi connectivity index (χ3v) is 1.29. The first kappa shape index (κ1) is 11.1. The summed E-state index contributed by atoms with van der Waals surface area (Å²) in [5.41, 5.74) is 0.678. The Bertz CT molecular complexity index is 294. The maximum Gasteiger partial charge on any atom is 1.00 e. The van der Waals surface area contributed by atoms with E-state index in [-0.39, 0.29) is 35.5 Å². The van der Waals surface area contributed by atoms with Crippen LogP contribution < -0.4 is 29.6 Å². The number of nitriles is 2. The van der Waals surface area contributed by atoms with Crippen LogP contribution in [0.25, 0.3) is 0 Å². The maximum absolute atomic E-state index is 8.47. The molecule has 1 aromatic rings. The van der Waals surface area contributed by atoms with E-state index in [4.69, 9.17) is 10.5 Å². The van der Waals surface area contributed by atoms with E-state index in [1.54, 1.807) is 24.3 Å². The number of nitrogens with zero attached hydrogens (tertiary/aromatic N) is 2. The molecule has 1 rings (SSSR count). The van der Waals surface area contributed by atoms with Crippen LogP contribution in [0.4, 0.5) is 0 Å². The summed E-state index contributed by atoms with van der Waals surface area (Å²) in [7, 11) is 0. The van der Waals surface area contributed by atoms with Crippen molar-refractivity contribution in [3.8, 4) is 12.1 Å². The molecule has 0 N–H and O–H groups in total. The molecule has 3 heteroatoms. The van der Waals surface area contributed by atoms with Gasteiger partial charge in [0.1, 0.15) is 0 Å². The maximum atomic E-state index is 8.47.